The lowest BCUT2D eigenvalue weighted by atomic mass is 9.87. The molecular weight excluding hydrogens is 290 g/mol. The van der Waals surface area contributed by atoms with Gasteiger partial charge in [-0.1, -0.05) is 35.0 Å². The largest absolute Gasteiger partial charge is 0.378 e. The van der Waals surface area contributed by atoms with Crippen LogP contribution in [0.2, 0.25) is 0 Å². The molecule has 2 nitrogen and oxygen atoms in total. The SMILES string of the molecule is CCOC1CC(NC(CC)c2cccc(Br)c2)C1. The first-order chi connectivity index (χ1) is 8.72. The zero-order valence-electron chi connectivity index (χ0n) is 11.2. The van der Waals surface area contributed by atoms with E-state index in [-0.39, 0.29) is 0 Å². The minimum absolute atomic E-state index is 0.454. The predicted molar refractivity (Wildman–Crippen MR) is 78.7 cm³/mol. The number of rotatable bonds is 6. The summed E-state index contributed by atoms with van der Waals surface area (Å²) in [5.41, 5.74) is 1.37. The van der Waals surface area contributed by atoms with E-state index in [1.165, 1.54) is 5.56 Å². The van der Waals surface area contributed by atoms with E-state index in [2.05, 4.69) is 59.4 Å². The highest BCUT2D eigenvalue weighted by Gasteiger charge is 2.30. The third-order valence-corrected chi connectivity index (χ3v) is 4.09. The van der Waals surface area contributed by atoms with Crippen molar-refractivity contribution in [1.82, 2.24) is 5.32 Å². The fourth-order valence-corrected chi connectivity index (χ4v) is 2.95. The molecule has 0 bridgehead atoms. The van der Waals surface area contributed by atoms with Crippen molar-refractivity contribution in [3.05, 3.63) is 34.3 Å². The van der Waals surface area contributed by atoms with E-state index in [0.29, 0.717) is 18.2 Å². The summed E-state index contributed by atoms with van der Waals surface area (Å²) in [5, 5.41) is 3.73. The highest BCUT2D eigenvalue weighted by Crippen LogP contribution is 2.28. The number of hydrogen-bond donors (Lipinski definition) is 1. The number of ether oxygens (including phenoxy) is 1. The summed E-state index contributed by atoms with van der Waals surface area (Å²) in [6.45, 7) is 5.13. The van der Waals surface area contributed by atoms with E-state index >= 15 is 0 Å². The Bertz CT molecular complexity index is 377. The zero-order valence-corrected chi connectivity index (χ0v) is 12.7. The quantitative estimate of drug-likeness (QED) is 0.855. The molecule has 100 valence electrons. The molecular formula is C15H22BrNO. The lowest BCUT2D eigenvalue weighted by molar-refractivity contribution is -0.0126. The molecule has 0 heterocycles. The maximum atomic E-state index is 5.60. The van der Waals surface area contributed by atoms with Crippen LogP contribution in [0.3, 0.4) is 0 Å². The van der Waals surface area contributed by atoms with Crippen LogP contribution in [0.25, 0.3) is 0 Å². The summed E-state index contributed by atoms with van der Waals surface area (Å²) < 4.78 is 6.75. The molecule has 0 saturated heterocycles. The summed E-state index contributed by atoms with van der Waals surface area (Å²) in [7, 11) is 0. The van der Waals surface area contributed by atoms with E-state index in [1.54, 1.807) is 0 Å². The second-order valence-corrected chi connectivity index (χ2v) is 5.84. The van der Waals surface area contributed by atoms with Crippen LogP contribution in [-0.2, 0) is 4.74 Å². The maximum Gasteiger partial charge on any atom is 0.0604 e. The Morgan fingerprint density at radius 1 is 1.39 bits per heavy atom. The smallest absolute Gasteiger partial charge is 0.0604 e. The number of halogens is 1. The third kappa shape index (κ3) is 3.56. The summed E-state index contributed by atoms with van der Waals surface area (Å²) in [4.78, 5) is 0. The predicted octanol–water partition coefficient (Wildman–Crippen LogP) is 4.06. The third-order valence-electron chi connectivity index (χ3n) is 3.59. The number of nitrogens with one attached hydrogen (secondary N) is 1. The van der Waals surface area contributed by atoms with Crippen LogP contribution < -0.4 is 5.32 Å². The lowest BCUT2D eigenvalue weighted by Gasteiger charge is -2.38. The Labute approximate surface area is 118 Å². The summed E-state index contributed by atoms with van der Waals surface area (Å²) >= 11 is 3.54. The fourth-order valence-electron chi connectivity index (χ4n) is 2.53. The van der Waals surface area contributed by atoms with Crippen molar-refractivity contribution in [3.8, 4) is 0 Å². The van der Waals surface area contributed by atoms with Gasteiger partial charge in [-0.15, -0.1) is 0 Å². The van der Waals surface area contributed by atoms with Crippen LogP contribution >= 0.6 is 15.9 Å². The van der Waals surface area contributed by atoms with E-state index in [4.69, 9.17) is 4.74 Å². The standard InChI is InChI=1S/C15H22BrNO/c1-3-15(11-6-5-7-12(16)8-11)17-13-9-14(10-13)18-4-2/h5-8,13-15,17H,3-4,9-10H2,1-2H3. The van der Waals surface area contributed by atoms with Crippen molar-refractivity contribution in [2.45, 2.75) is 51.3 Å². The molecule has 1 aliphatic carbocycles. The molecule has 0 aliphatic heterocycles. The molecule has 1 aromatic rings. The highest BCUT2D eigenvalue weighted by atomic mass is 79.9. The van der Waals surface area contributed by atoms with Gasteiger partial charge in [0.05, 0.1) is 6.10 Å². The van der Waals surface area contributed by atoms with Gasteiger partial charge in [0.2, 0.25) is 0 Å². The van der Waals surface area contributed by atoms with Gasteiger partial charge in [0, 0.05) is 23.2 Å². The van der Waals surface area contributed by atoms with Gasteiger partial charge in [0.15, 0.2) is 0 Å². The van der Waals surface area contributed by atoms with E-state index < -0.39 is 0 Å². The van der Waals surface area contributed by atoms with Crippen molar-refractivity contribution in [2.24, 2.45) is 0 Å². The summed E-state index contributed by atoms with van der Waals surface area (Å²) in [6, 6.07) is 9.66. The molecule has 0 spiro atoms. The van der Waals surface area contributed by atoms with Crippen LogP contribution in [0.1, 0.15) is 44.7 Å². The Morgan fingerprint density at radius 2 is 2.17 bits per heavy atom. The second-order valence-electron chi connectivity index (χ2n) is 4.93. The normalized spacial score (nSPS) is 24.6. The molecule has 18 heavy (non-hydrogen) atoms. The first-order valence-corrected chi connectivity index (χ1v) is 7.65. The van der Waals surface area contributed by atoms with Gasteiger partial charge in [-0.25, -0.2) is 0 Å². The van der Waals surface area contributed by atoms with Crippen LogP contribution in [0.4, 0.5) is 0 Å². The fraction of sp³-hybridized carbons (Fsp3) is 0.600. The highest BCUT2D eigenvalue weighted by molar-refractivity contribution is 9.10. The summed E-state index contributed by atoms with van der Waals surface area (Å²) in [6.07, 6.45) is 3.90. The molecule has 1 saturated carbocycles. The van der Waals surface area contributed by atoms with E-state index in [1.807, 2.05) is 0 Å². The van der Waals surface area contributed by atoms with E-state index in [0.717, 1.165) is 30.3 Å². The first-order valence-electron chi connectivity index (χ1n) is 6.86. The number of benzene rings is 1. The Hall–Kier alpha value is -0.380. The van der Waals surface area contributed by atoms with Crippen molar-refractivity contribution < 1.29 is 4.74 Å². The van der Waals surface area contributed by atoms with Crippen LogP contribution in [0.15, 0.2) is 28.7 Å². The maximum absolute atomic E-state index is 5.60. The van der Waals surface area contributed by atoms with Crippen molar-refractivity contribution in [3.63, 3.8) is 0 Å². The topological polar surface area (TPSA) is 21.3 Å². The second kappa shape index (κ2) is 6.69. The molecule has 1 aliphatic rings. The van der Waals surface area contributed by atoms with Gasteiger partial charge in [0.1, 0.15) is 0 Å². The van der Waals surface area contributed by atoms with Gasteiger partial charge in [-0.05, 0) is 43.9 Å². The molecule has 1 atom stereocenters. The molecule has 1 fully saturated rings. The minimum atomic E-state index is 0.454. The molecule has 2 rings (SSSR count). The van der Waals surface area contributed by atoms with Gasteiger partial charge >= 0.3 is 0 Å². The number of hydrogen-bond acceptors (Lipinski definition) is 2. The molecule has 1 unspecified atom stereocenters. The average Bonchev–Trinajstić information content (AvgIpc) is 2.32. The Morgan fingerprint density at radius 3 is 2.78 bits per heavy atom. The summed E-state index contributed by atoms with van der Waals surface area (Å²) in [5.74, 6) is 0. The molecule has 1 aromatic carbocycles. The van der Waals surface area contributed by atoms with Gasteiger partial charge in [-0.3, -0.25) is 0 Å². The van der Waals surface area contributed by atoms with E-state index in [9.17, 15) is 0 Å². The molecule has 0 amide bonds. The van der Waals surface area contributed by atoms with Crippen molar-refractivity contribution >= 4 is 15.9 Å². The van der Waals surface area contributed by atoms with Crippen LogP contribution in [0, 0.1) is 0 Å². The van der Waals surface area contributed by atoms with Crippen LogP contribution in [0.5, 0.6) is 0 Å². The lowest BCUT2D eigenvalue weighted by Crippen LogP contribution is -2.46. The van der Waals surface area contributed by atoms with Crippen molar-refractivity contribution in [2.75, 3.05) is 6.61 Å². The van der Waals surface area contributed by atoms with Crippen LogP contribution in [-0.4, -0.2) is 18.8 Å². The molecule has 0 radical (unpaired) electrons. The molecule has 1 N–H and O–H groups in total. The zero-order chi connectivity index (χ0) is 13.0. The minimum Gasteiger partial charge on any atom is -0.378 e. The molecule has 3 heteroatoms. The Kier molecular flexibility index (Phi) is 5.22. The van der Waals surface area contributed by atoms with Gasteiger partial charge < -0.3 is 10.1 Å². The average molecular weight is 312 g/mol. The van der Waals surface area contributed by atoms with Gasteiger partial charge in [0.25, 0.3) is 0 Å². The van der Waals surface area contributed by atoms with Gasteiger partial charge in [-0.2, -0.15) is 0 Å². The molecule has 0 aromatic heterocycles. The van der Waals surface area contributed by atoms with Crippen molar-refractivity contribution in [1.29, 1.82) is 0 Å². The Balaban J connectivity index is 1.87. The first kappa shape index (κ1) is 14.0. The monoisotopic (exact) mass is 311 g/mol.